The van der Waals surface area contributed by atoms with Crippen LogP contribution in [0.15, 0.2) is 10.5 Å². The SMILES string of the molecule is CCC1CCCN(Cc2cc(C)c(CNC3CC3)o2)C1. The summed E-state index contributed by atoms with van der Waals surface area (Å²) in [5.41, 5.74) is 1.30. The molecule has 112 valence electrons. The smallest absolute Gasteiger partial charge is 0.120 e. The van der Waals surface area contributed by atoms with Gasteiger partial charge in [0, 0.05) is 12.6 Å². The Hall–Kier alpha value is -0.800. The number of nitrogens with one attached hydrogen (secondary N) is 1. The van der Waals surface area contributed by atoms with Crippen molar-refractivity contribution in [3.05, 3.63) is 23.2 Å². The summed E-state index contributed by atoms with van der Waals surface area (Å²) in [5, 5.41) is 3.54. The Kier molecular flexibility index (Phi) is 4.47. The van der Waals surface area contributed by atoms with Crippen LogP contribution in [0.5, 0.6) is 0 Å². The number of nitrogens with zero attached hydrogens (tertiary/aromatic N) is 1. The van der Waals surface area contributed by atoms with Crippen LogP contribution in [0.4, 0.5) is 0 Å². The van der Waals surface area contributed by atoms with Crippen molar-refractivity contribution in [2.24, 2.45) is 5.92 Å². The Morgan fingerprint density at radius 3 is 2.95 bits per heavy atom. The van der Waals surface area contributed by atoms with Gasteiger partial charge < -0.3 is 9.73 Å². The third-order valence-electron chi connectivity index (χ3n) is 4.76. The maximum atomic E-state index is 6.06. The van der Waals surface area contributed by atoms with Crippen LogP contribution in [0.1, 0.15) is 56.1 Å². The van der Waals surface area contributed by atoms with E-state index >= 15 is 0 Å². The van der Waals surface area contributed by atoms with Gasteiger partial charge in [-0.1, -0.05) is 13.3 Å². The first-order chi connectivity index (χ1) is 9.74. The molecule has 0 radical (unpaired) electrons. The topological polar surface area (TPSA) is 28.4 Å². The molecule has 2 fully saturated rings. The predicted molar refractivity (Wildman–Crippen MR) is 81.6 cm³/mol. The molecule has 1 N–H and O–H groups in total. The van der Waals surface area contributed by atoms with Crippen molar-refractivity contribution in [1.82, 2.24) is 10.2 Å². The van der Waals surface area contributed by atoms with E-state index in [-0.39, 0.29) is 0 Å². The van der Waals surface area contributed by atoms with Crippen LogP contribution in [0.25, 0.3) is 0 Å². The number of piperidine rings is 1. The molecule has 2 heterocycles. The molecule has 1 aromatic heterocycles. The van der Waals surface area contributed by atoms with E-state index in [1.807, 2.05) is 0 Å². The van der Waals surface area contributed by atoms with Crippen molar-refractivity contribution in [2.45, 2.75) is 65.1 Å². The number of furan rings is 1. The van der Waals surface area contributed by atoms with Gasteiger partial charge in [-0.2, -0.15) is 0 Å². The van der Waals surface area contributed by atoms with E-state index in [1.54, 1.807) is 0 Å². The average Bonchev–Trinajstić information content (AvgIpc) is 3.21. The van der Waals surface area contributed by atoms with E-state index in [2.05, 4.69) is 30.1 Å². The lowest BCUT2D eigenvalue weighted by molar-refractivity contribution is 0.153. The van der Waals surface area contributed by atoms with Crippen molar-refractivity contribution >= 4 is 0 Å². The summed E-state index contributed by atoms with van der Waals surface area (Å²) in [6.07, 6.45) is 6.72. The molecular formula is C17H28N2O. The summed E-state index contributed by atoms with van der Waals surface area (Å²) in [7, 11) is 0. The lowest BCUT2D eigenvalue weighted by Gasteiger charge is -2.31. The third kappa shape index (κ3) is 3.64. The highest BCUT2D eigenvalue weighted by molar-refractivity contribution is 5.20. The van der Waals surface area contributed by atoms with Gasteiger partial charge in [0.2, 0.25) is 0 Å². The standard InChI is InChI=1S/C17H28N2O/c1-3-14-5-4-8-19(11-14)12-16-9-13(2)17(20-16)10-18-15-6-7-15/h9,14-15,18H,3-8,10-12H2,1-2H3. The molecule has 20 heavy (non-hydrogen) atoms. The number of aryl methyl sites for hydroxylation is 1. The van der Waals surface area contributed by atoms with E-state index in [0.29, 0.717) is 0 Å². The number of hydrogen-bond donors (Lipinski definition) is 1. The normalized spacial score (nSPS) is 24.2. The van der Waals surface area contributed by atoms with Crippen LogP contribution in [-0.2, 0) is 13.1 Å². The van der Waals surface area contributed by atoms with Gasteiger partial charge >= 0.3 is 0 Å². The monoisotopic (exact) mass is 276 g/mol. The largest absolute Gasteiger partial charge is 0.463 e. The fourth-order valence-electron chi connectivity index (χ4n) is 3.22. The minimum Gasteiger partial charge on any atom is -0.463 e. The van der Waals surface area contributed by atoms with Gasteiger partial charge in [-0.15, -0.1) is 0 Å². The second-order valence-electron chi connectivity index (χ2n) is 6.63. The molecule has 0 amide bonds. The fraction of sp³-hybridized carbons (Fsp3) is 0.765. The van der Waals surface area contributed by atoms with E-state index in [0.717, 1.165) is 36.6 Å². The van der Waals surface area contributed by atoms with Crippen molar-refractivity contribution in [1.29, 1.82) is 0 Å². The molecule has 1 saturated heterocycles. The van der Waals surface area contributed by atoms with Crippen LogP contribution >= 0.6 is 0 Å². The first-order valence-electron chi connectivity index (χ1n) is 8.28. The molecule has 0 bridgehead atoms. The lowest BCUT2D eigenvalue weighted by Crippen LogP contribution is -2.34. The van der Waals surface area contributed by atoms with Gasteiger partial charge in [-0.3, -0.25) is 4.90 Å². The van der Waals surface area contributed by atoms with Crippen LogP contribution in [-0.4, -0.2) is 24.0 Å². The second kappa shape index (κ2) is 6.31. The number of hydrogen-bond acceptors (Lipinski definition) is 3. The minimum absolute atomic E-state index is 0.746. The van der Waals surface area contributed by atoms with Gasteiger partial charge in [-0.05, 0) is 56.7 Å². The van der Waals surface area contributed by atoms with Gasteiger partial charge in [0.05, 0.1) is 13.1 Å². The van der Waals surface area contributed by atoms with Gasteiger partial charge in [0.1, 0.15) is 11.5 Å². The van der Waals surface area contributed by atoms with E-state index in [9.17, 15) is 0 Å². The molecule has 3 nitrogen and oxygen atoms in total. The van der Waals surface area contributed by atoms with E-state index in [1.165, 1.54) is 50.8 Å². The molecule has 3 rings (SSSR count). The third-order valence-corrected chi connectivity index (χ3v) is 4.76. The molecular weight excluding hydrogens is 248 g/mol. The molecule has 1 atom stereocenters. The molecule has 0 spiro atoms. The second-order valence-corrected chi connectivity index (χ2v) is 6.63. The first-order valence-corrected chi connectivity index (χ1v) is 8.28. The Bertz CT molecular complexity index is 436. The highest BCUT2D eigenvalue weighted by atomic mass is 16.3. The summed E-state index contributed by atoms with van der Waals surface area (Å²) in [5.74, 6) is 3.17. The van der Waals surface area contributed by atoms with Gasteiger partial charge in [0.25, 0.3) is 0 Å². The van der Waals surface area contributed by atoms with Crippen LogP contribution in [0, 0.1) is 12.8 Å². The van der Waals surface area contributed by atoms with Crippen LogP contribution in [0.3, 0.4) is 0 Å². The van der Waals surface area contributed by atoms with Crippen molar-refractivity contribution in [3.8, 4) is 0 Å². The summed E-state index contributed by atoms with van der Waals surface area (Å²) in [4.78, 5) is 2.56. The Balaban J connectivity index is 1.55. The fourth-order valence-corrected chi connectivity index (χ4v) is 3.22. The molecule has 1 aliphatic carbocycles. The summed E-state index contributed by atoms with van der Waals surface area (Å²) in [6, 6.07) is 2.98. The summed E-state index contributed by atoms with van der Waals surface area (Å²) in [6.45, 7) is 8.83. The average molecular weight is 276 g/mol. The summed E-state index contributed by atoms with van der Waals surface area (Å²) >= 11 is 0. The van der Waals surface area contributed by atoms with Crippen molar-refractivity contribution in [3.63, 3.8) is 0 Å². The zero-order valence-electron chi connectivity index (χ0n) is 13.0. The highest BCUT2D eigenvalue weighted by Gasteiger charge is 2.22. The number of rotatable bonds is 6. The quantitative estimate of drug-likeness (QED) is 0.862. The lowest BCUT2D eigenvalue weighted by atomic mass is 9.96. The zero-order chi connectivity index (χ0) is 13.9. The van der Waals surface area contributed by atoms with Gasteiger partial charge in [0.15, 0.2) is 0 Å². The first kappa shape index (κ1) is 14.2. The maximum Gasteiger partial charge on any atom is 0.120 e. The minimum atomic E-state index is 0.746. The Labute approximate surface area is 122 Å². The zero-order valence-corrected chi connectivity index (χ0v) is 13.0. The number of likely N-dealkylation sites (tertiary alicyclic amines) is 1. The molecule has 1 aliphatic heterocycles. The van der Waals surface area contributed by atoms with Crippen molar-refractivity contribution in [2.75, 3.05) is 13.1 Å². The Morgan fingerprint density at radius 2 is 2.20 bits per heavy atom. The molecule has 1 aromatic rings. The van der Waals surface area contributed by atoms with Gasteiger partial charge in [-0.25, -0.2) is 0 Å². The maximum absolute atomic E-state index is 6.06. The highest BCUT2D eigenvalue weighted by Crippen LogP contribution is 2.24. The molecule has 3 heteroatoms. The predicted octanol–water partition coefficient (Wildman–Crippen LogP) is 3.46. The Morgan fingerprint density at radius 1 is 1.35 bits per heavy atom. The van der Waals surface area contributed by atoms with E-state index in [4.69, 9.17) is 4.42 Å². The molecule has 0 aromatic carbocycles. The van der Waals surface area contributed by atoms with Crippen LogP contribution < -0.4 is 5.32 Å². The molecule has 1 saturated carbocycles. The van der Waals surface area contributed by atoms with E-state index < -0.39 is 0 Å². The molecule has 1 unspecified atom stereocenters. The van der Waals surface area contributed by atoms with Crippen molar-refractivity contribution < 1.29 is 4.42 Å². The van der Waals surface area contributed by atoms with Crippen LogP contribution in [0.2, 0.25) is 0 Å². The molecule has 2 aliphatic rings. The summed E-state index contributed by atoms with van der Waals surface area (Å²) < 4.78 is 6.06.